The highest BCUT2D eigenvalue weighted by Gasteiger charge is 2.40. The van der Waals surface area contributed by atoms with Gasteiger partial charge in [0.05, 0.1) is 0 Å². The summed E-state index contributed by atoms with van der Waals surface area (Å²) in [5, 5.41) is 0. The van der Waals surface area contributed by atoms with E-state index < -0.39 is 11.6 Å². The lowest BCUT2D eigenvalue weighted by Gasteiger charge is -2.21. The molecular formula is C17H21F2NO. The third kappa shape index (κ3) is 3.09. The molecule has 2 aliphatic rings. The highest BCUT2D eigenvalue weighted by atomic mass is 19.1. The van der Waals surface area contributed by atoms with Crippen LogP contribution in [0, 0.1) is 23.5 Å². The molecule has 21 heavy (non-hydrogen) atoms. The monoisotopic (exact) mass is 293 g/mol. The second-order valence-electron chi connectivity index (χ2n) is 6.27. The van der Waals surface area contributed by atoms with E-state index in [0.29, 0.717) is 30.4 Å². The van der Waals surface area contributed by atoms with Crippen molar-refractivity contribution in [2.75, 3.05) is 13.1 Å². The van der Waals surface area contributed by atoms with Crippen LogP contribution in [0.4, 0.5) is 8.78 Å². The van der Waals surface area contributed by atoms with Crippen LogP contribution >= 0.6 is 0 Å². The van der Waals surface area contributed by atoms with E-state index in [2.05, 4.69) is 0 Å². The summed E-state index contributed by atoms with van der Waals surface area (Å²) in [6, 6.07) is 3.70. The van der Waals surface area contributed by atoms with Gasteiger partial charge in [-0.05, 0) is 43.2 Å². The maximum atomic E-state index is 13.5. The molecular weight excluding hydrogens is 272 g/mol. The Labute approximate surface area is 124 Å². The van der Waals surface area contributed by atoms with Crippen molar-refractivity contribution in [3.05, 3.63) is 35.4 Å². The number of nitrogens with zero attached hydrogens (tertiary/aromatic N) is 1. The highest BCUT2D eigenvalue weighted by molar-refractivity contribution is 5.81. The molecule has 1 saturated carbocycles. The number of likely N-dealkylation sites (tertiary alicyclic amines) is 1. The summed E-state index contributed by atoms with van der Waals surface area (Å²) in [7, 11) is 0. The molecule has 3 rings (SSSR count). The number of hydrogen-bond donors (Lipinski definition) is 0. The van der Waals surface area contributed by atoms with Crippen molar-refractivity contribution in [3.63, 3.8) is 0 Å². The largest absolute Gasteiger partial charge is 0.342 e. The van der Waals surface area contributed by atoms with E-state index >= 15 is 0 Å². The Morgan fingerprint density at radius 1 is 1.19 bits per heavy atom. The minimum absolute atomic E-state index is 0.237. The zero-order valence-corrected chi connectivity index (χ0v) is 12.2. The fraction of sp³-hybridized carbons (Fsp3) is 0.588. The Morgan fingerprint density at radius 2 is 2.00 bits per heavy atom. The number of amides is 1. The number of benzene rings is 1. The Bertz CT molecular complexity index is 532. The summed E-state index contributed by atoms with van der Waals surface area (Å²) < 4.78 is 26.4. The van der Waals surface area contributed by atoms with E-state index in [9.17, 15) is 13.6 Å². The predicted octanol–water partition coefficient (Wildman–Crippen LogP) is 3.55. The summed E-state index contributed by atoms with van der Waals surface area (Å²) in [5.41, 5.74) is 0.528. The minimum Gasteiger partial charge on any atom is -0.342 e. The van der Waals surface area contributed by atoms with Gasteiger partial charge >= 0.3 is 0 Å². The molecule has 2 unspecified atom stereocenters. The van der Waals surface area contributed by atoms with E-state index in [1.54, 1.807) is 0 Å². The fourth-order valence-corrected chi connectivity index (χ4v) is 3.75. The van der Waals surface area contributed by atoms with Crippen LogP contribution in [0.5, 0.6) is 0 Å². The van der Waals surface area contributed by atoms with Gasteiger partial charge in [0, 0.05) is 25.1 Å². The van der Waals surface area contributed by atoms with Crippen molar-refractivity contribution >= 4 is 5.91 Å². The van der Waals surface area contributed by atoms with Crippen LogP contribution < -0.4 is 0 Å². The van der Waals surface area contributed by atoms with Crippen LogP contribution in [-0.4, -0.2) is 23.9 Å². The quantitative estimate of drug-likeness (QED) is 0.831. The highest BCUT2D eigenvalue weighted by Crippen LogP contribution is 2.37. The van der Waals surface area contributed by atoms with Gasteiger partial charge in [0.25, 0.3) is 0 Å². The lowest BCUT2D eigenvalue weighted by molar-refractivity contribution is -0.131. The van der Waals surface area contributed by atoms with Crippen molar-refractivity contribution in [3.8, 4) is 0 Å². The smallest absolute Gasteiger partial charge is 0.226 e. The van der Waals surface area contributed by atoms with Crippen molar-refractivity contribution in [2.45, 2.75) is 38.5 Å². The van der Waals surface area contributed by atoms with Crippen molar-refractivity contribution in [1.29, 1.82) is 0 Å². The van der Waals surface area contributed by atoms with E-state index in [4.69, 9.17) is 0 Å². The van der Waals surface area contributed by atoms with E-state index in [1.165, 1.54) is 31.4 Å². The van der Waals surface area contributed by atoms with Crippen LogP contribution in [0.3, 0.4) is 0 Å². The van der Waals surface area contributed by atoms with Gasteiger partial charge in [-0.25, -0.2) is 8.78 Å². The maximum Gasteiger partial charge on any atom is 0.226 e. The zero-order valence-electron chi connectivity index (χ0n) is 12.2. The molecule has 0 radical (unpaired) electrons. The molecule has 1 aliphatic heterocycles. The standard InChI is InChI=1S/C17H21F2NO/c18-14-8-7-12(16(19)10-14)5-3-9-20-11-13-4-1-2-6-15(13)17(20)21/h7-8,10,13,15H,1-6,9,11H2. The molecule has 0 bridgehead atoms. The Morgan fingerprint density at radius 3 is 2.76 bits per heavy atom. The summed E-state index contributed by atoms with van der Waals surface area (Å²) in [6.07, 6.45) is 5.88. The summed E-state index contributed by atoms with van der Waals surface area (Å²) in [4.78, 5) is 14.2. The van der Waals surface area contributed by atoms with Gasteiger partial charge in [-0.15, -0.1) is 0 Å². The topological polar surface area (TPSA) is 20.3 Å². The summed E-state index contributed by atoms with van der Waals surface area (Å²) in [5.74, 6) is 0.0286. The number of carbonyl (C=O) groups excluding carboxylic acids is 1. The first kappa shape index (κ1) is 14.5. The van der Waals surface area contributed by atoms with E-state index in [1.807, 2.05) is 4.90 Å². The van der Waals surface area contributed by atoms with Gasteiger partial charge in [-0.2, -0.15) is 0 Å². The van der Waals surface area contributed by atoms with Crippen LogP contribution in [0.15, 0.2) is 18.2 Å². The zero-order chi connectivity index (χ0) is 14.8. The average Bonchev–Trinajstić information content (AvgIpc) is 2.79. The maximum absolute atomic E-state index is 13.5. The fourth-order valence-electron chi connectivity index (χ4n) is 3.75. The number of halogens is 2. The third-order valence-corrected chi connectivity index (χ3v) is 4.88. The third-order valence-electron chi connectivity index (χ3n) is 4.88. The SMILES string of the molecule is O=C1C2CCCCC2CN1CCCc1ccc(F)cc1F. The molecule has 1 heterocycles. The number of rotatable bonds is 4. The molecule has 0 aromatic heterocycles. The second kappa shape index (κ2) is 6.12. The first-order valence-corrected chi connectivity index (χ1v) is 7.88. The molecule has 2 atom stereocenters. The molecule has 0 N–H and O–H groups in total. The van der Waals surface area contributed by atoms with E-state index in [-0.39, 0.29) is 5.92 Å². The molecule has 1 aliphatic carbocycles. The molecule has 1 aromatic carbocycles. The van der Waals surface area contributed by atoms with Crippen molar-refractivity contribution in [1.82, 2.24) is 4.90 Å². The molecule has 1 saturated heterocycles. The van der Waals surface area contributed by atoms with E-state index in [0.717, 1.165) is 25.5 Å². The van der Waals surface area contributed by atoms with Gasteiger partial charge in [-0.3, -0.25) is 4.79 Å². The van der Waals surface area contributed by atoms with Gasteiger partial charge in [0.2, 0.25) is 5.91 Å². The average molecular weight is 293 g/mol. The lowest BCUT2D eigenvalue weighted by Crippen LogP contribution is -2.28. The second-order valence-corrected chi connectivity index (χ2v) is 6.27. The van der Waals surface area contributed by atoms with Gasteiger partial charge < -0.3 is 4.90 Å². The Kier molecular flexibility index (Phi) is 4.22. The lowest BCUT2D eigenvalue weighted by atomic mass is 9.81. The number of hydrogen-bond acceptors (Lipinski definition) is 1. The Balaban J connectivity index is 1.52. The molecule has 2 fully saturated rings. The number of fused-ring (bicyclic) bond motifs is 1. The molecule has 2 nitrogen and oxygen atoms in total. The normalized spacial score (nSPS) is 25.2. The number of aryl methyl sites for hydroxylation is 1. The van der Waals surface area contributed by atoms with Crippen LogP contribution in [0.25, 0.3) is 0 Å². The van der Waals surface area contributed by atoms with Crippen LogP contribution in [0.2, 0.25) is 0 Å². The first-order valence-electron chi connectivity index (χ1n) is 7.88. The minimum atomic E-state index is -0.546. The summed E-state index contributed by atoms with van der Waals surface area (Å²) in [6.45, 7) is 1.55. The van der Waals surface area contributed by atoms with Gasteiger partial charge in [0.1, 0.15) is 11.6 Å². The van der Waals surface area contributed by atoms with Crippen molar-refractivity contribution in [2.24, 2.45) is 11.8 Å². The summed E-state index contributed by atoms with van der Waals surface area (Å²) >= 11 is 0. The van der Waals surface area contributed by atoms with Gasteiger partial charge in [-0.1, -0.05) is 18.9 Å². The molecule has 4 heteroatoms. The Hall–Kier alpha value is -1.45. The van der Waals surface area contributed by atoms with Crippen LogP contribution in [0.1, 0.15) is 37.7 Å². The molecule has 0 spiro atoms. The predicted molar refractivity (Wildman–Crippen MR) is 76.7 cm³/mol. The number of carbonyl (C=O) groups is 1. The van der Waals surface area contributed by atoms with Gasteiger partial charge in [0.15, 0.2) is 0 Å². The molecule has 114 valence electrons. The molecule has 1 aromatic rings. The molecule has 1 amide bonds. The van der Waals surface area contributed by atoms with Crippen LogP contribution in [-0.2, 0) is 11.2 Å². The first-order chi connectivity index (χ1) is 10.1. The van der Waals surface area contributed by atoms with Crippen molar-refractivity contribution < 1.29 is 13.6 Å².